The summed E-state index contributed by atoms with van der Waals surface area (Å²) in [7, 11) is 1.53. The predicted molar refractivity (Wildman–Crippen MR) is 90.9 cm³/mol. The number of methoxy groups -OCH3 is 1. The first-order valence-corrected chi connectivity index (χ1v) is 7.23. The van der Waals surface area contributed by atoms with Crippen molar-refractivity contribution in [2.45, 2.75) is 6.61 Å². The Hall–Kier alpha value is -2.12. The summed E-state index contributed by atoms with van der Waals surface area (Å²) < 4.78 is 33.7. The van der Waals surface area contributed by atoms with E-state index in [0.29, 0.717) is 27.3 Å². The molecule has 0 aliphatic carbocycles. The average molecular weight is 359 g/mol. The van der Waals surface area contributed by atoms with Crippen LogP contribution >= 0.6 is 23.8 Å². The topological polar surface area (TPSA) is 42.5 Å². The highest BCUT2D eigenvalue weighted by atomic mass is 35.5. The molecule has 0 unspecified atom stereocenters. The molecule has 0 heterocycles. The Morgan fingerprint density at radius 3 is 2.43 bits per heavy atom. The average Bonchev–Trinajstić information content (AvgIpc) is 2.49. The van der Waals surface area contributed by atoms with Crippen LogP contribution in [0.25, 0.3) is 0 Å². The van der Waals surface area contributed by atoms with Gasteiger partial charge < -0.3 is 20.1 Å². The van der Waals surface area contributed by atoms with E-state index in [1.807, 2.05) is 0 Å². The second-order valence-corrected chi connectivity index (χ2v) is 5.17. The molecule has 2 rings (SSSR count). The van der Waals surface area contributed by atoms with Crippen LogP contribution in [0.3, 0.4) is 0 Å². The van der Waals surface area contributed by atoms with Crippen LogP contribution < -0.4 is 20.1 Å². The van der Waals surface area contributed by atoms with E-state index < -0.39 is 6.61 Å². The highest BCUT2D eigenvalue weighted by molar-refractivity contribution is 7.80. The van der Waals surface area contributed by atoms with Gasteiger partial charge in [0.2, 0.25) is 0 Å². The van der Waals surface area contributed by atoms with E-state index >= 15 is 0 Å². The van der Waals surface area contributed by atoms with Gasteiger partial charge >= 0.3 is 6.61 Å². The van der Waals surface area contributed by atoms with Crippen molar-refractivity contribution < 1.29 is 18.3 Å². The zero-order valence-corrected chi connectivity index (χ0v) is 13.5. The quantitative estimate of drug-likeness (QED) is 0.754. The molecule has 0 aliphatic heterocycles. The van der Waals surface area contributed by atoms with Gasteiger partial charge in [0, 0.05) is 10.7 Å². The molecule has 122 valence electrons. The van der Waals surface area contributed by atoms with Crippen LogP contribution in [-0.4, -0.2) is 18.8 Å². The third-order valence-electron chi connectivity index (χ3n) is 2.75. The van der Waals surface area contributed by atoms with Crippen LogP contribution in [0.4, 0.5) is 20.2 Å². The van der Waals surface area contributed by atoms with Gasteiger partial charge in [-0.05, 0) is 54.7 Å². The van der Waals surface area contributed by atoms with E-state index in [4.69, 9.17) is 28.6 Å². The summed E-state index contributed by atoms with van der Waals surface area (Å²) in [5, 5.41) is 6.71. The number of ether oxygens (including phenoxy) is 2. The number of anilines is 2. The van der Waals surface area contributed by atoms with E-state index in [0.717, 1.165) is 0 Å². The SMILES string of the molecule is COc1ccc(Cl)cc1NC(=S)Nc1ccc(OC(F)F)cc1. The van der Waals surface area contributed by atoms with Crippen molar-refractivity contribution in [1.29, 1.82) is 0 Å². The molecule has 2 N–H and O–H groups in total. The van der Waals surface area contributed by atoms with Gasteiger partial charge in [-0.2, -0.15) is 8.78 Å². The molecule has 0 spiro atoms. The van der Waals surface area contributed by atoms with Gasteiger partial charge in [-0.15, -0.1) is 0 Å². The standard InChI is InChI=1S/C15H13ClF2N2O2S/c1-21-13-7-2-9(16)8-12(13)20-15(23)19-10-3-5-11(6-4-10)22-14(17)18/h2-8,14H,1H3,(H2,19,20,23). The number of benzene rings is 2. The maximum Gasteiger partial charge on any atom is 0.387 e. The first-order valence-electron chi connectivity index (χ1n) is 6.44. The van der Waals surface area contributed by atoms with Crippen LogP contribution in [0.15, 0.2) is 42.5 Å². The Morgan fingerprint density at radius 1 is 1.13 bits per heavy atom. The zero-order valence-electron chi connectivity index (χ0n) is 12.0. The van der Waals surface area contributed by atoms with Crippen molar-refractivity contribution in [3.8, 4) is 11.5 Å². The largest absolute Gasteiger partial charge is 0.495 e. The zero-order chi connectivity index (χ0) is 16.8. The number of hydrogen-bond donors (Lipinski definition) is 2. The number of hydrogen-bond acceptors (Lipinski definition) is 3. The maximum atomic E-state index is 12.1. The number of rotatable bonds is 5. The Bertz CT molecular complexity index is 684. The molecule has 0 saturated heterocycles. The van der Waals surface area contributed by atoms with Crippen molar-refractivity contribution in [3.63, 3.8) is 0 Å². The monoisotopic (exact) mass is 358 g/mol. The highest BCUT2D eigenvalue weighted by Crippen LogP contribution is 2.28. The van der Waals surface area contributed by atoms with Gasteiger partial charge in [-0.3, -0.25) is 0 Å². The van der Waals surface area contributed by atoms with Gasteiger partial charge in [0.15, 0.2) is 5.11 Å². The number of halogens is 3. The fourth-order valence-corrected chi connectivity index (χ4v) is 2.18. The lowest BCUT2D eigenvalue weighted by Crippen LogP contribution is -2.19. The van der Waals surface area contributed by atoms with Crippen molar-refractivity contribution in [2.24, 2.45) is 0 Å². The van der Waals surface area contributed by atoms with Crippen molar-refractivity contribution in [2.75, 3.05) is 17.7 Å². The first kappa shape index (κ1) is 17.2. The molecular formula is C15H13ClF2N2O2S. The molecule has 0 bridgehead atoms. The molecule has 0 fully saturated rings. The fourth-order valence-electron chi connectivity index (χ4n) is 1.78. The Balaban J connectivity index is 2.01. The third kappa shape index (κ3) is 5.22. The minimum Gasteiger partial charge on any atom is -0.495 e. The van der Waals surface area contributed by atoms with Gasteiger partial charge in [-0.1, -0.05) is 11.6 Å². The Kier molecular flexibility index (Phi) is 5.95. The fraction of sp³-hybridized carbons (Fsp3) is 0.133. The smallest absolute Gasteiger partial charge is 0.387 e. The number of thiocarbonyl (C=S) groups is 1. The van der Waals surface area contributed by atoms with Gasteiger partial charge in [0.1, 0.15) is 11.5 Å². The molecule has 23 heavy (non-hydrogen) atoms. The maximum absolute atomic E-state index is 12.1. The number of nitrogens with one attached hydrogen (secondary N) is 2. The molecule has 0 radical (unpaired) electrons. The minimum atomic E-state index is -2.85. The molecule has 0 aliphatic rings. The van der Waals surface area contributed by atoms with Gasteiger partial charge in [0.25, 0.3) is 0 Å². The normalized spacial score (nSPS) is 10.3. The number of alkyl halides is 2. The Morgan fingerprint density at radius 2 is 1.83 bits per heavy atom. The first-order chi connectivity index (χ1) is 11.0. The molecule has 2 aromatic carbocycles. The van der Waals surface area contributed by atoms with E-state index in [1.54, 1.807) is 30.3 Å². The summed E-state index contributed by atoms with van der Waals surface area (Å²) in [6.45, 7) is -2.85. The summed E-state index contributed by atoms with van der Waals surface area (Å²) in [6.07, 6.45) is 0. The van der Waals surface area contributed by atoms with E-state index in [-0.39, 0.29) is 5.75 Å². The van der Waals surface area contributed by atoms with Crippen LogP contribution in [0.5, 0.6) is 11.5 Å². The molecule has 4 nitrogen and oxygen atoms in total. The molecule has 8 heteroatoms. The van der Waals surface area contributed by atoms with E-state index in [9.17, 15) is 8.78 Å². The lowest BCUT2D eigenvalue weighted by atomic mass is 10.3. The Labute approximate surface area is 142 Å². The summed E-state index contributed by atoms with van der Waals surface area (Å²) in [6, 6.07) is 11.1. The minimum absolute atomic E-state index is 0.0703. The molecular weight excluding hydrogens is 346 g/mol. The summed E-state index contributed by atoms with van der Waals surface area (Å²) >= 11 is 11.1. The second kappa shape index (κ2) is 7.94. The second-order valence-electron chi connectivity index (χ2n) is 4.33. The molecule has 0 amide bonds. The van der Waals surface area contributed by atoms with Crippen LogP contribution in [0.1, 0.15) is 0 Å². The van der Waals surface area contributed by atoms with Gasteiger partial charge in [-0.25, -0.2) is 0 Å². The van der Waals surface area contributed by atoms with Gasteiger partial charge in [0.05, 0.1) is 12.8 Å². The molecule has 0 saturated carbocycles. The predicted octanol–water partition coefficient (Wildman–Crippen LogP) is 4.76. The summed E-state index contributed by atoms with van der Waals surface area (Å²) in [5.74, 6) is 0.653. The third-order valence-corrected chi connectivity index (χ3v) is 3.19. The van der Waals surface area contributed by atoms with Crippen molar-refractivity contribution in [3.05, 3.63) is 47.5 Å². The molecule has 0 aromatic heterocycles. The molecule has 2 aromatic rings. The van der Waals surface area contributed by atoms with Crippen molar-refractivity contribution in [1.82, 2.24) is 0 Å². The van der Waals surface area contributed by atoms with E-state index in [1.165, 1.54) is 19.2 Å². The molecule has 0 atom stereocenters. The summed E-state index contributed by atoms with van der Waals surface area (Å²) in [5.41, 5.74) is 1.22. The van der Waals surface area contributed by atoms with E-state index in [2.05, 4.69) is 15.4 Å². The van der Waals surface area contributed by atoms with Crippen LogP contribution in [0, 0.1) is 0 Å². The highest BCUT2D eigenvalue weighted by Gasteiger charge is 2.07. The van der Waals surface area contributed by atoms with Crippen molar-refractivity contribution >= 4 is 40.3 Å². The summed E-state index contributed by atoms with van der Waals surface area (Å²) in [4.78, 5) is 0. The lowest BCUT2D eigenvalue weighted by molar-refractivity contribution is -0.0498. The van der Waals surface area contributed by atoms with Crippen LogP contribution in [-0.2, 0) is 0 Å². The van der Waals surface area contributed by atoms with Crippen LogP contribution in [0.2, 0.25) is 5.02 Å². The lowest BCUT2D eigenvalue weighted by Gasteiger charge is -2.14.